The predicted molar refractivity (Wildman–Crippen MR) is 54.0 cm³/mol. The van der Waals surface area contributed by atoms with Gasteiger partial charge in [0.15, 0.2) is 0 Å². The second-order valence-corrected chi connectivity index (χ2v) is 4.31. The van der Waals surface area contributed by atoms with Gasteiger partial charge in [-0.2, -0.15) is 0 Å². The summed E-state index contributed by atoms with van der Waals surface area (Å²) in [5.41, 5.74) is 0.544. The molecule has 1 fully saturated rings. The number of carboxylic acids is 1. The molecule has 0 aromatic carbocycles. The molecule has 2 N–H and O–H groups in total. The molecule has 0 aliphatic heterocycles. The number of aliphatic hydroxyl groups is 1. The summed E-state index contributed by atoms with van der Waals surface area (Å²) in [6, 6.07) is 0. The highest BCUT2D eigenvalue weighted by atomic mass is 16.4. The van der Waals surface area contributed by atoms with E-state index >= 15 is 0 Å². The summed E-state index contributed by atoms with van der Waals surface area (Å²) < 4.78 is 0. The maximum atomic E-state index is 10.6. The summed E-state index contributed by atoms with van der Waals surface area (Å²) in [7, 11) is 0. The molecular weight excluding hydrogens is 180 g/mol. The van der Waals surface area contributed by atoms with E-state index < -0.39 is 12.1 Å². The van der Waals surface area contributed by atoms with Gasteiger partial charge in [-0.3, -0.25) is 0 Å². The lowest BCUT2D eigenvalue weighted by molar-refractivity contribution is -0.131. The van der Waals surface area contributed by atoms with Gasteiger partial charge in [-0.1, -0.05) is 18.9 Å². The van der Waals surface area contributed by atoms with Crippen LogP contribution in [-0.4, -0.2) is 22.3 Å². The first kappa shape index (κ1) is 11.2. The van der Waals surface area contributed by atoms with Gasteiger partial charge in [-0.15, -0.1) is 0 Å². The van der Waals surface area contributed by atoms with Crippen LogP contribution in [0.15, 0.2) is 11.6 Å². The van der Waals surface area contributed by atoms with Crippen LogP contribution in [0.3, 0.4) is 0 Å². The smallest absolute Gasteiger partial charge is 0.328 e. The molecule has 2 atom stereocenters. The van der Waals surface area contributed by atoms with E-state index in [2.05, 4.69) is 0 Å². The maximum Gasteiger partial charge on any atom is 0.328 e. The van der Waals surface area contributed by atoms with Crippen molar-refractivity contribution in [2.24, 2.45) is 5.41 Å². The Balaban J connectivity index is 2.94. The number of hydrogen-bond donors (Lipinski definition) is 2. The molecule has 1 rings (SSSR count). The Hall–Kier alpha value is -0.830. The van der Waals surface area contributed by atoms with Crippen molar-refractivity contribution in [3.63, 3.8) is 0 Å². The molecule has 0 radical (unpaired) electrons. The van der Waals surface area contributed by atoms with Crippen molar-refractivity contribution >= 4 is 5.97 Å². The number of rotatable bonds is 2. The number of carbonyl (C=O) groups is 1. The van der Waals surface area contributed by atoms with Crippen LogP contribution in [0.4, 0.5) is 0 Å². The second kappa shape index (κ2) is 4.13. The lowest BCUT2D eigenvalue weighted by Gasteiger charge is -2.38. The molecule has 0 bridgehead atoms. The van der Waals surface area contributed by atoms with E-state index in [9.17, 15) is 9.90 Å². The van der Waals surface area contributed by atoms with Gasteiger partial charge in [0.25, 0.3) is 0 Å². The summed E-state index contributed by atoms with van der Waals surface area (Å²) >= 11 is 0. The van der Waals surface area contributed by atoms with Gasteiger partial charge in [0.2, 0.25) is 0 Å². The number of aliphatic hydroxyl groups excluding tert-OH is 1. The first-order valence-electron chi connectivity index (χ1n) is 5.09. The minimum atomic E-state index is -0.909. The zero-order valence-electron chi connectivity index (χ0n) is 8.79. The second-order valence-electron chi connectivity index (χ2n) is 4.31. The van der Waals surface area contributed by atoms with E-state index in [1.54, 1.807) is 6.92 Å². The Bertz CT molecular complexity index is 255. The Labute approximate surface area is 84.4 Å². The van der Waals surface area contributed by atoms with Gasteiger partial charge in [0, 0.05) is 11.5 Å². The molecule has 0 aromatic heterocycles. The van der Waals surface area contributed by atoms with Crippen LogP contribution in [0.25, 0.3) is 0 Å². The van der Waals surface area contributed by atoms with Crippen molar-refractivity contribution in [3.8, 4) is 0 Å². The van der Waals surface area contributed by atoms with Crippen LogP contribution < -0.4 is 0 Å². The molecule has 3 heteroatoms. The molecular formula is C11H18O3. The van der Waals surface area contributed by atoms with E-state index in [1.807, 2.05) is 6.92 Å². The van der Waals surface area contributed by atoms with Crippen molar-refractivity contribution in [1.82, 2.24) is 0 Å². The number of aliphatic carboxylic acids is 1. The van der Waals surface area contributed by atoms with Gasteiger partial charge < -0.3 is 10.2 Å². The largest absolute Gasteiger partial charge is 0.478 e. The molecule has 0 aromatic rings. The van der Waals surface area contributed by atoms with Gasteiger partial charge in [-0.25, -0.2) is 4.79 Å². The zero-order chi connectivity index (χ0) is 10.8. The minimum absolute atomic E-state index is 0.337. The summed E-state index contributed by atoms with van der Waals surface area (Å²) in [4.78, 5) is 10.6. The number of hydrogen-bond acceptors (Lipinski definition) is 2. The molecule has 80 valence electrons. The van der Waals surface area contributed by atoms with Crippen molar-refractivity contribution in [2.75, 3.05) is 0 Å². The SMILES string of the molecule is CC(O)C1(C)CCCCC1=CC(=O)O. The highest BCUT2D eigenvalue weighted by Gasteiger charge is 2.36. The zero-order valence-corrected chi connectivity index (χ0v) is 8.79. The molecule has 2 unspecified atom stereocenters. The van der Waals surface area contributed by atoms with Crippen LogP contribution in [-0.2, 0) is 4.79 Å². The summed E-state index contributed by atoms with van der Waals surface area (Å²) in [5, 5.41) is 18.4. The van der Waals surface area contributed by atoms with Crippen LogP contribution in [0.2, 0.25) is 0 Å². The van der Waals surface area contributed by atoms with Crippen LogP contribution in [0.5, 0.6) is 0 Å². The Morgan fingerprint density at radius 2 is 2.21 bits per heavy atom. The maximum absolute atomic E-state index is 10.6. The van der Waals surface area contributed by atoms with Crippen LogP contribution >= 0.6 is 0 Å². The van der Waals surface area contributed by atoms with Gasteiger partial charge >= 0.3 is 5.97 Å². The Kier molecular flexibility index (Phi) is 3.32. The number of carboxylic acid groups (broad SMARTS) is 1. The minimum Gasteiger partial charge on any atom is -0.478 e. The van der Waals surface area contributed by atoms with Crippen molar-refractivity contribution in [1.29, 1.82) is 0 Å². The summed E-state index contributed by atoms with van der Waals surface area (Å²) in [6.07, 6.45) is 4.57. The predicted octanol–water partition coefficient (Wildman–Crippen LogP) is 1.96. The van der Waals surface area contributed by atoms with Crippen LogP contribution in [0, 0.1) is 5.41 Å². The monoisotopic (exact) mass is 198 g/mol. The van der Waals surface area contributed by atoms with E-state index in [-0.39, 0.29) is 5.41 Å². The molecule has 1 saturated carbocycles. The highest BCUT2D eigenvalue weighted by molar-refractivity contribution is 5.81. The van der Waals surface area contributed by atoms with E-state index in [0.29, 0.717) is 0 Å². The lowest BCUT2D eigenvalue weighted by atomic mass is 9.68. The van der Waals surface area contributed by atoms with E-state index in [1.165, 1.54) is 6.08 Å². The fourth-order valence-corrected chi connectivity index (χ4v) is 2.12. The van der Waals surface area contributed by atoms with Gasteiger partial charge in [0.1, 0.15) is 0 Å². The highest BCUT2D eigenvalue weighted by Crippen LogP contribution is 2.43. The fraction of sp³-hybridized carbons (Fsp3) is 0.727. The van der Waals surface area contributed by atoms with E-state index in [4.69, 9.17) is 5.11 Å². The molecule has 3 nitrogen and oxygen atoms in total. The van der Waals surface area contributed by atoms with Crippen molar-refractivity contribution < 1.29 is 15.0 Å². The quantitative estimate of drug-likeness (QED) is 0.667. The third kappa shape index (κ3) is 2.15. The van der Waals surface area contributed by atoms with E-state index in [0.717, 1.165) is 31.3 Å². The van der Waals surface area contributed by atoms with Crippen LogP contribution in [0.1, 0.15) is 39.5 Å². The Morgan fingerprint density at radius 3 is 2.71 bits per heavy atom. The lowest BCUT2D eigenvalue weighted by Crippen LogP contribution is -2.34. The summed E-state index contributed by atoms with van der Waals surface area (Å²) in [5.74, 6) is -0.909. The normalized spacial score (nSPS) is 32.9. The first-order chi connectivity index (χ1) is 6.47. The molecule has 0 spiro atoms. The molecule has 0 heterocycles. The van der Waals surface area contributed by atoms with Gasteiger partial charge in [0.05, 0.1) is 6.10 Å². The molecule has 0 saturated heterocycles. The topological polar surface area (TPSA) is 57.5 Å². The average molecular weight is 198 g/mol. The molecule has 1 aliphatic rings. The third-order valence-electron chi connectivity index (χ3n) is 3.35. The fourth-order valence-electron chi connectivity index (χ4n) is 2.12. The Morgan fingerprint density at radius 1 is 1.57 bits per heavy atom. The standard InChI is InChI=1S/C11H18O3/c1-8(12)11(2)6-4-3-5-9(11)7-10(13)14/h7-8,12H,3-6H2,1-2H3,(H,13,14). The molecule has 1 aliphatic carbocycles. The molecule has 14 heavy (non-hydrogen) atoms. The van der Waals surface area contributed by atoms with Crippen molar-refractivity contribution in [2.45, 2.75) is 45.6 Å². The summed E-state index contributed by atoms with van der Waals surface area (Å²) in [6.45, 7) is 3.69. The van der Waals surface area contributed by atoms with Gasteiger partial charge in [-0.05, 0) is 26.2 Å². The van der Waals surface area contributed by atoms with Crippen molar-refractivity contribution in [3.05, 3.63) is 11.6 Å². The average Bonchev–Trinajstić information content (AvgIpc) is 2.08. The molecule has 0 amide bonds. The third-order valence-corrected chi connectivity index (χ3v) is 3.35. The first-order valence-corrected chi connectivity index (χ1v) is 5.09.